The molecular formula is C12H22N2O2S. The van der Waals surface area contributed by atoms with Crippen LogP contribution in [-0.4, -0.2) is 39.8 Å². The van der Waals surface area contributed by atoms with Crippen molar-refractivity contribution >= 4 is 23.6 Å². The fraction of sp³-hybridized carbons (Fsp3) is 0.833. The maximum Gasteiger partial charge on any atom is 0.243 e. The molecule has 1 heterocycles. The van der Waals surface area contributed by atoms with Crippen LogP contribution in [0, 0.1) is 0 Å². The van der Waals surface area contributed by atoms with E-state index < -0.39 is 0 Å². The van der Waals surface area contributed by atoms with E-state index in [0.29, 0.717) is 6.42 Å². The molecule has 0 bridgehead atoms. The van der Waals surface area contributed by atoms with E-state index in [1.54, 1.807) is 0 Å². The third kappa shape index (κ3) is 3.45. The zero-order valence-electron chi connectivity index (χ0n) is 10.8. The van der Waals surface area contributed by atoms with Gasteiger partial charge in [-0.3, -0.25) is 14.5 Å². The van der Waals surface area contributed by atoms with Gasteiger partial charge in [0.25, 0.3) is 0 Å². The molecule has 1 rings (SSSR count). The second kappa shape index (κ2) is 6.40. The van der Waals surface area contributed by atoms with Crippen molar-refractivity contribution in [1.29, 1.82) is 0 Å². The number of carbonyl (C=O) groups is 2. The van der Waals surface area contributed by atoms with E-state index in [9.17, 15) is 9.59 Å². The molecule has 3 unspecified atom stereocenters. The van der Waals surface area contributed by atoms with Gasteiger partial charge in [0.05, 0.1) is 5.25 Å². The highest BCUT2D eigenvalue weighted by Gasteiger charge is 2.40. The monoisotopic (exact) mass is 258 g/mol. The number of likely N-dealkylation sites (tertiary alicyclic amines) is 1. The van der Waals surface area contributed by atoms with Gasteiger partial charge in [-0.2, -0.15) is 0 Å². The van der Waals surface area contributed by atoms with Gasteiger partial charge in [-0.1, -0.05) is 13.8 Å². The Morgan fingerprint density at radius 2 is 2.06 bits per heavy atom. The predicted molar refractivity (Wildman–Crippen MR) is 70.7 cm³/mol. The zero-order valence-corrected chi connectivity index (χ0v) is 11.6. The first kappa shape index (κ1) is 14.5. The van der Waals surface area contributed by atoms with E-state index in [1.807, 2.05) is 20.8 Å². The van der Waals surface area contributed by atoms with Crippen molar-refractivity contribution in [3.63, 3.8) is 0 Å². The minimum absolute atomic E-state index is 0.0143. The summed E-state index contributed by atoms with van der Waals surface area (Å²) in [4.78, 5) is 25.3. The van der Waals surface area contributed by atoms with E-state index in [0.717, 1.165) is 18.6 Å². The molecule has 4 nitrogen and oxygen atoms in total. The van der Waals surface area contributed by atoms with Gasteiger partial charge < -0.3 is 5.73 Å². The number of nitrogens with two attached hydrogens (primary N) is 1. The van der Waals surface area contributed by atoms with E-state index in [4.69, 9.17) is 5.73 Å². The second-order valence-corrected chi connectivity index (χ2v) is 5.79. The molecule has 0 aromatic heterocycles. The molecule has 0 aliphatic carbocycles. The van der Waals surface area contributed by atoms with Crippen molar-refractivity contribution in [1.82, 2.24) is 4.90 Å². The quantitative estimate of drug-likeness (QED) is 0.731. The first-order valence-corrected chi connectivity index (χ1v) is 7.29. The molecule has 17 heavy (non-hydrogen) atoms. The molecule has 1 aliphatic heterocycles. The summed E-state index contributed by atoms with van der Waals surface area (Å²) in [5.74, 6) is 0.679. The number of carbonyl (C=O) groups excluding carboxylic acids is 2. The summed E-state index contributed by atoms with van der Waals surface area (Å²) >= 11 is 1.52. The minimum atomic E-state index is -0.214. The number of thioether (sulfide) groups is 1. The molecule has 1 saturated heterocycles. The first-order valence-electron chi connectivity index (χ1n) is 6.24. The van der Waals surface area contributed by atoms with Crippen LogP contribution in [0.2, 0.25) is 0 Å². The van der Waals surface area contributed by atoms with Crippen molar-refractivity contribution in [2.75, 3.05) is 5.75 Å². The number of rotatable bonds is 6. The molecule has 2 amide bonds. The van der Waals surface area contributed by atoms with E-state index in [-0.39, 0.29) is 29.1 Å². The summed E-state index contributed by atoms with van der Waals surface area (Å²) in [5, 5.41) is -0.214. The van der Waals surface area contributed by atoms with Gasteiger partial charge >= 0.3 is 0 Å². The van der Waals surface area contributed by atoms with Gasteiger partial charge in [0.1, 0.15) is 0 Å². The SMILES string of the molecule is CCC(N)CSC1CC(=O)N(C(C)CC)C1=O. The average molecular weight is 258 g/mol. The molecule has 3 atom stereocenters. The van der Waals surface area contributed by atoms with E-state index >= 15 is 0 Å². The van der Waals surface area contributed by atoms with Crippen LogP contribution in [0.3, 0.4) is 0 Å². The summed E-state index contributed by atoms with van der Waals surface area (Å²) in [6.45, 7) is 5.93. The Bertz CT molecular complexity index is 296. The number of nitrogens with zero attached hydrogens (tertiary/aromatic N) is 1. The normalized spacial score (nSPS) is 24.2. The highest BCUT2D eigenvalue weighted by Crippen LogP contribution is 2.27. The lowest BCUT2D eigenvalue weighted by Crippen LogP contribution is -2.38. The second-order valence-electron chi connectivity index (χ2n) is 4.55. The summed E-state index contributed by atoms with van der Waals surface area (Å²) < 4.78 is 0. The maximum atomic E-state index is 12.1. The molecule has 0 saturated carbocycles. The molecule has 1 fully saturated rings. The molecule has 5 heteroatoms. The van der Waals surface area contributed by atoms with E-state index in [2.05, 4.69) is 0 Å². The number of imide groups is 1. The molecule has 0 aromatic carbocycles. The highest BCUT2D eigenvalue weighted by atomic mass is 32.2. The Morgan fingerprint density at radius 3 is 2.59 bits per heavy atom. The van der Waals surface area contributed by atoms with Gasteiger partial charge in [-0.25, -0.2) is 0 Å². The van der Waals surface area contributed by atoms with Crippen LogP contribution in [0.4, 0.5) is 0 Å². The summed E-state index contributed by atoms with van der Waals surface area (Å²) in [7, 11) is 0. The molecule has 98 valence electrons. The number of amides is 2. The largest absolute Gasteiger partial charge is 0.327 e. The standard InChI is InChI=1S/C12H22N2O2S/c1-4-8(3)14-11(15)6-10(12(14)16)17-7-9(13)5-2/h8-10H,4-7,13H2,1-3H3. The fourth-order valence-electron chi connectivity index (χ4n) is 1.76. The summed E-state index contributed by atoms with van der Waals surface area (Å²) in [6.07, 6.45) is 2.05. The van der Waals surface area contributed by atoms with Crippen molar-refractivity contribution in [2.45, 2.75) is 57.4 Å². The van der Waals surface area contributed by atoms with Crippen molar-refractivity contribution in [3.8, 4) is 0 Å². The third-order valence-electron chi connectivity index (χ3n) is 3.21. The summed E-state index contributed by atoms with van der Waals surface area (Å²) in [5.41, 5.74) is 5.82. The molecule has 2 N–H and O–H groups in total. The van der Waals surface area contributed by atoms with Gasteiger partial charge in [0.2, 0.25) is 11.8 Å². The Morgan fingerprint density at radius 1 is 1.41 bits per heavy atom. The topological polar surface area (TPSA) is 63.4 Å². The van der Waals surface area contributed by atoms with Crippen LogP contribution in [-0.2, 0) is 9.59 Å². The maximum absolute atomic E-state index is 12.1. The van der Waals surface area contributed by atoms with Crippen LogP contribution in [0.15, 0.2) is 0 Å². The smallest absolute Gasteiger partial charge is 0.243 e. The third-order valence-corrected chi connectivity index (χ3v) is 4.60. The van der Waals surface area contributed by atoms with Crippen LogP contribution < -0.4 is 5.73 Å². The lowest BCUT2D eigenvalue weighted by atomic mass is 10.2. The highest BCUT2D eigenvalue weighted by molar-refractivity contribution is 8.00. The molecular weight excluding hydrogens is 236 g/mol. The van der Waals surface area contributed by atoms with E-state index in [1.165, 1.54) is 16.7 Å². The van der Waals surface area contributed by atoms with Gasteiger partial charge in [-0.05, 0) is 19.8 Å². The number of hydrogen-bond acceptors (Lipinski definition) is 4. The Kier molecular flexibility index (Phi) is 5.46. The van der Waals surface area contributed by atoms with Crippen LogP contribution in [0.5, 0.6) is 0 Å². The molecule has 1 aliphatic rings. The van der Waals surface area contributed by atoms with Crippen molar-refractivity contribution in [2.24, 2.45) is 5.73 Å². The average Bonchev–Trinajstić information content (AvgIpc) is 2.60. The van der Waals surface area contributed by atoms with Gasteiger partial charge in [0.15, 0.2) is 0 Å². The number of hydrogen-bond donors (Lipinski definition) is 1. The molecule has 0 aromatic rings. The van der Waals surface area contributed by atoms with Crippen LogP contribution >= 0.6 is 11.8 Å². The molecule has 0 radical (unpaired) electrons. The fourth-order valence-corrected chi connectivity index (χ4v) is 2.99. The van der Waals surface area contributed by atoms with Crippen LogP contribution in [0.1, 0.15) is 40.0 Å². The van der Waals surface area contributed by atoms with Gasteiger partial charge in [-0.15, -0.1) is 11.8 Å². The van der Waals surface area contributed by atoms with Gasteiger partial charge in [0, 0.05) is 24.3 Å². The summed E-state index contributed by atoms with van der Waals surface area (Å²) in [6, 6.07) is 0.126. The minimum Gasteiger partial charge on any atom is -0.327 e. The lowest BCUT2D eigenvalue weighted by molar-refractivity contribution is -0.140. The van der Waals surface area contributed by atoms with Crippen molar-refractivity contribution < 1.29 is 9.59 Å². The Labute approximate surface area is 107 Å². The Hall–Kier alpha value is -0.550. The van der Waals surface area contributed by atoms with Crippen molar-refractivity contribution in [3.05, 3.63) is 0 Å². The molecule has 0 spiro atoms. The van der Waals surface area contributed by atoms with Crippen LogP contribution in [0.25, 0.3) is 0 Å². The first-order chi connectivity index (χ1) is 8.01. The predicted octanol–water partition coefficient (Wildman–Crippen LogP) is 1.38. The zero-order chi connectivity index (χ0) is 13.0. The Balaban J connectivity index is 2.55. The lowest BCUT2D eigenvalue weighted by Gasteiger charge is -2.21.